The van der Waals surface area contributed by atoms with Crippen molar-refractivity contribution in [2.24, 2.45) is 0 Å². The molecule has 1 aromatic carbocycles. The van der Waals surface area contributed by atoms with Gasteiger partial charge < -0.3 is 10.3 Å². The van der Waals surface area contributed by atoms with Crippen LogP contribution in [0.3, 0.4) is 0 Å². The van der Waals surface area contributed by atoms with E-state index >= 15 is 0 Å². The molecule has 1 atom stereocenters. The van der Waals surface area contributed by atoms with Crippen LogP contribution >= 0.6 is 11.6 Å². The van der Waals surface area contributed by atoms with Gasteiger partial charge in [0.25, 0.3) is 5.56 Å². The summed E-state index contributed by atoms with van der Waals surface area (Å²) in [6.45, 7) is 0.984. The Kier molecular flexibility index (Phi) is 2.65. The van der Waals surface area contributed by atoms with Crippen molar-refractivity contribution in [1.29, 1.82) is 0 Å². The van der Waals surface area contributed by atoms with Crippen LogP contribution in [0.15, 0.2) is 29.1 Å². The number of aromatic nitrogens is 1. The first kappa shape index (κ1) is 10.8. The molecule has 2 heterocycles. The summed E-state index contributed by atoms with van der Waals surface area (Å²) in [6.07, 6.45) is 2.15. The van der Waals surface area contributed by atoms with E-state index in [1.165, 1.54) is 0 Å². The molecule has 0 amide bonds. The smallest absolute Gasteiger partial charge is 0.253 e. The third kappa shape index (κ3) is 1.96. The minimum atomic E-state index is -0.000720. The van der Waals surface area contributed by atoms with Crippen LogP contribution in [-0.2, 0) is 0 Å². The topological polar surface area (TPSA) is 44.9 Å². The van der Waals surface area contributed by atoms with Gasteiger partial charge in [-0.2, -0.15) is 0 Å². The summed E-state index contributed by atoms with van der Waals surface area (Å²) in [6, 6.07) is 7.63. The average molecular weight is 249 g/mol. The van der Waals surface area contributed by atoms with E-state index in [1.807, 2.05) is 18.2 Å². The molecule has 0 saturated carbocycles. The van der Waals surface area contributed by atoms with Gasteiger partial charge in [0.05, 0.1) is 0 Å². The second-order valence-corrected chi connectivity index (χ2v) is 4.87. The monoisotopic (exact) mass is 248 g/mol. The van der Waals surface area contributed by atoms with Crippen molar-refractivity contribution < 1.29 is 0 Å². The largest absolute Gasteiger partial charge is 0.322 e. The van der Waals surface area contributed by atoms with Gasteiger partial charge in [-0.25, -0.2) is 0 Å². The van der Waals surface area contributed by atoms with Gasteiger partial charge in [0.15, 0.2) is 0 Å². The molecule has 4 heteroatoms. The van der Waals surface area contributed by atoms with Crippen LogP contribution < -0.4 is 10.9 Å². The molecule has 1 aromatic heterocycles. The lowest BCUT2D eigenvalue weighted by Gasteiger charge is -2.10. The van der Waals surface area contributed by atoms with E-state index in [9.17, 15) is 4.79 Å². The van der Waals surface area contributed by atoms with Gasteiger partial charge in [-0.05, 0) is 43.7 Å². The highest BCUT2D eigenvalue weighted by Crippen LogP contribution is 2.23. The summed E-state index contributed by atoms with van der Waals surface area (Å²) in [5.74, 6) is 0. The summed E-state index contributed by atoms with van der Waals surface area (Å²) in [5, 5.41) is 5.02. The molecule has 1 unspecified atom stereocenters. The fraction of sp³-hybridized carbons (Fsp3) is 0.308. The Bertz CT molecular complexity index is 614. The Hall–Kier alpha value is -1.32. The zero-order valence-electron chi connectivity index (χ0n) is 9.29. The van der Waals surface area contributed by atoms with Gasteiger partial charge in [-0.1, -0.05) is 11.6 Å². The average Bonchev–Trinajstić information content (AvgIpc) is 2.82. The molecule has 1 aliphatic rings. The van der Waals surface area contributed by atoms with Gasteiger partial charge >= 0.3 is 0 Å². The van der Waals surface area contributed by atoms with Crippen molar-refractivity contribution in [3.8, 4) is 0 Å². The zero-order valence-corrected chi connectivity index (χ0v) is 10.1. The molecule has 1 aliphatic heterocycles. The van der Waals surface area contributed by atoms with E-state index in [-0.39, 0.29) is 11.6 Å². The normalized spacial score (nSPS) is 19.9. The summed E-state index contributed by atoms with van der Waals surface area (Å²) < 4.78 is 0. The Morgan fingerprint density at radius 3 is 2.94 bits per heavy atom. The molecule has 1 fully saturated rings. The van der Waals surface area contributed by atoms with E-state index < -0.39 is 0 Å². The van der Waals surface area contributed by atoms with Crippen molar-refractivity contribution in [3.05, 3.63) is 45.2 Å². The summed E-state index contributed by atoms with van der Waals surface area (Å²) >= 11 is 5.96. The number of rotatable bonds is 1. The van der Waals surface area contributed by atoms with E-state index in [2.05, 4.69) is 10.3 Å². The maximum atomic E-state index is 12.0. The van der Waals surface area contributed by atoms with Gasteiger partial charge in [0.1, 0.15) is 0 Å². The van der Waals surface area contributed by atoms with Crippen LogP contribution in [-0.4, -0.2) is 11.5 Å². The lowest BCUT2D eigenvalue weighted by molar-refractivity contribution is 0.641. The van der Waals surface area contributed by atoms with Crippen molar-refractivity contribution in [2.45, 2.75) is 18.9 Å². The fourth-order valence-corrected chi connectivity index (χ4v) is 2.58. The third-order valence-corrected chi connectivity index (χ3v) is 3.51. The minimum absolute atomic E-state index is 0.000720. The second-order valence-electron chi connectivity index (χ2n) is 4.43. The van der Waals surface area contributed by atoms with Gasteiger partial charge in [0.2, 0.25) is 0 Å². The summed E-state index contributed by atoms with van der Waals surface area (Å²) in [7, 11) is 0. The molecule has 0 radical (unpaired) electrons. The second kappa shape index (κ2) is 4.17. The first-order chi connectivity index (χ1) is 8.24. The van der Waals surface area contributed by atoms with Crippen LogP contribution in [0.2, 0.25) is 5.02 Å². The molecular formula is C13H13ClN2O. The SMILES string of the molecule is O=c1[nH]c2ccc(Cl)cc2cc1C1CCCN1. The van der Waals surface area contributed by atoms with Crippen molar-refractivity contribution in [1.82, 2.24) is 10.3 Å². The lowest BCUT2D eigenvalue weighted by Crippen LogP contribution is -2.22. The standard InChI is InChI=1S/C13H13ClN2O/c14-9-3-4-11-8(6-9)7-10(13(17)16-11)12-2-1-5-15-12/h3-4,6-7,12,15H,1-2,5H2,(H,16,17). The van der Waals surface area contributed by atoms with Crippen LogP contribution in [0, 0.1) is 0 Å². The highest BCUT2D eigenvalue weighted by atomic mass is 35.5. The van der Waals surface area contributed by atoms with E-state index in [1.54, 1.807) is 6.07 Å². The number of pyridine rings is 1. The number of H-pyrrole nitrogens is 1. The highest BCUT2D eigenvalue weighted by molar-refractivity contribution is 6.31. The number of benzene rings is 1. The number of nitrogens with one attached hydrogen (secondary N) is 2. The molecule has 17 heavy (non-hydrogen) atoms. The molecule has 0 spiro atoms. The molecule has 2 N–H and O–H groups in total. The number of hydrogen-bond donors (Lipinski definition) is 2. The van der Waals surface area contributed by atoms with Gasteiger partial charge in [0, 0.05) is 27.5 Å². The van der Waals surface area contributed by atoms with Crippen molar-refractivity contribution in [3.63, 3.8) is 0 Å². The highest BCUT2D eigenvalue weighted by Gasteiger charge is 2.19. The van der Waals surface area contributed by atoms with Crippen LogP contribution in [0.4, 0.5) is 0 Å². The lowest BCUT2D eigenvalue weighted by atomic mass is 10.0. The zero-order chi connectivity index (χ0) is 11.8. The van der Waals surface area contributed by atoms with Crippen molar-refractivity contribution >= 4 is 22.5 Å². The molecule has 1 saturated heterocycles. The first-order valence-corrected chi connectivity index (χ1v) is 6.18. The predicted octanol–water partition coefficient (Wildman–Crippen LogP) is 2.61. The van der Waals surface area contributed by atoms with E-state index in [4.69, 9.17) is 11.6 Å². The molecule has 0 bridgehead atoms. The quantitative estimate of drug-likeness (QED) is 0.815. The first-order valence-electron chi connectivity index (χ1n) is 5.80. The number of hydrogen-bond acceptors (Lipinski definition) is 2. The van der Waals surface area contributed by atoms with Crippen molar-refractivity contribution in [2.75, 3.05) is 6.54 Å². The minimum Gasteiger partial charge on any atom is -0.322 e. The maximum absolute atomic E-state index is 12.0. The van der Waals surface area contributed by atoms with Gasteiger partial charge in [-0.3, -0.25) is 4.79 Å². The van der Waals surface area contributed by atoms with Gasteiger partial charge in [-0.15, -0.1) is 0 Å². The Balaban J connectivity index is 2.18. The fourth-order valence-electron chi connectivity index (χ4n) is 2.40. The number of aromatic amines is 1. The Morgan fingerprint density at radius 2 is 2.18 bits per heavy atom. The summed E-state index contributed by atoms with van der Waals surface area (Å²) in [4.78, 5) is 14.9. The molecule has 0 aliphatic carbocycles. The molecule has 3 rings (SSSR count). The summed E-state index contributed by atoms with van der Waals surface area (Å²) in [5.41, 5.74) is 1.65. The van der Waals surface area contributed by atoms with E-state index in [0.717, 1.165) is 35.9 Å². The third-order valence-electron chi connectivity index (χ3n) is 3.27. The number of fused-ring (bicyclic) bond motifs is 1. The maximum Gasteiger partial charge on any atom is 0.253 e. The van der Waals surface area contributed by atoms with Crippen LogP contribution in [0.1, 0.15) is 24.4 Å². The molecule has 88 valence electrons. The van der Waals surface area contributed by atoms with Crippen LogP contribution in [0.5, 0.6) is 0 Å². The van der Waals surface area contributed by atoms with E-state index in [0.29, 0.717) is 5.02 Å². The van der Waals surface area contributed by atoms with Crippen LogP contribution in [0.25, 0.3) is 10.9 Å². The Morgan fingerprint density at radius 1 is 1.29 bits per heavy atom. The molecule has 2 aromatic rings. The predicted molar refractivity (Wildman–Crippen MR) is 69.6 cm³/mol. The number of halogens is 1. The Labute approximate surface area is 104 Å². The molecular weight excluding hydrogens is 236 g/mol. The molecule has 3 nitrogen and oxygen atoms in total.